The third-order valence-corrected chi connectivity index (χ3v) is 9.05. The number of carbonyl (C=O) groups is 2. The molecule has 3 saturated carbocycles. The van der Waals surface area contributed by atoms with Crippen LogP contribution < -0.4 is 0 Å². The summed E-state index contributed by atoms with van der Waals surface area (Å²) in [4.78, 5) is 23.0. The summed E-state index contributed by atoms with van der Waals surface area (Å²) >= 11 is 0. The lowest BCUT2D eigenvalue weighted by atomic mass is 9.48. The van der Waals surface area contributed by atoms with Crippen molar-refractivity contribution in [3.05, 3.63) is 23.5 Å². The molecule has 0 bridgehead atoms. The molecule has 30 heavy (non-hydrogen) atoms. The highest BCUT2D eigenvalue weighted by molar-refractivity contribution is 5.91. The van der Waals surface area contributed by atoms with Gasteiger partial charge in [-0.25, -0.2) is 4.68 Å². The molecule has 0 spiro atoms. The van der Waals surface area contributed by atoms with Gasteiger partial charge in [0.05, 0.1) is 6.20 Å². The molecule has 4 aliphatic rings. The molecule has 0 aromatic carbocycles. The van der Waals surface area contributed by atoms with Crippen LogP contribution in [0.1, 0.15) is 64.5 Å². The van der Waals surface area contributed by atoms with E-state index in [1.54, 1.807) is 6.20 Å². The van der Waals surface area contributed by atoms with Gasteiger partial charge < -0.3 is 10.2 Å². The van der Waals surface area contributed by atoms with Crippen molar-refractivity contribution in [2.75, 3.05) is 0 Å². The number of fused-ring (bicyclic) bond motifs is 5. The second-order valence-corrected chi connectivity index (χ2v) is 10.4. The van der Waals surface area contributed by atoms with E-state index in [-0.39, 0.29) is 17.7 Å². The molecule has 1 aromatic heterocycles. The normalized spacial score (nSPS) is 42.8. The van der Waals surface area contributed by atoms with E-state index in [1.807, 2.05) is 6.08 Å². The number of allylic oxidation sites excluding steroid dienone is 1. The third kappa shape index (κ3) is 2.74. The Morgan fingerprint density at radius 1 is 1.30 bits per heavy atom. The van der Waals surface area contributed by atoms with E-state index in [0.717, 1.165) is 32.1 Å². The van der Waals surface area contributed by atoms with E-state index in [4.69, 9.17) is 5.11 Å². The Balaban J connectivity index is 1.46. The first-order valence-corrected chi connectivity index (χ1v) is 11.3. The van der Waals surface area contributed by atoms with Crippen LogP contribution in [0, 0.1) is 35.0 Å². The Bertz CT molecular complexity index is 923. The molecule has 7 heteroatoms. The Morgan fingerprint density at radius 2 is 2.10 bits per heavy atom. The number of carboxylic acids is 1. The lowest BCUT2D eigenvalue weighted by Crippen LogP contribution is -2.53. The van der Waals surface area contributed by atoms with Gasteiger partial charge in [-0.05, 0) is 74.2 Å². The molecule has 4 unspecified atom stereocenters. The molecular formula is C23H31N3O4. The molecule has 0 saturated heterocycles. The average Bonchev–Trinajstić information content (AvgIpc) is 3.24. The summed E-state index contributed by atoms with van der Waals surface area (Å²) in [5.74, 6) is 1.88. The van der Waals surface area contributed by atoms with Crippen molar-refractivity contribution in [1.29, 1.82) is 0 Å². The van der Waals surface area contributed by atoms with Gasteiger partial charge in [0.15, 0.2) is 5.78 Å². The molecule has 7 atom stereocenters. The standard InChI is InChI=1S/C23H31N3O4/c1-13-9-14-10-15(27)3-4-16(14)17-5-7-22(2)18(21(13)17)6-8-23(22,30)19-11-26(25-24-19)12-20(28)29/h10-11,13,16-18,21,30H,3-9,12H2,1-2H3,(H,28,29)/t13-,16?,17?,18?,21?,22+,23-/m1/s1. The molecule has 1 heterocycles. The largest absolute Gasteiger partial charge is 0.480 e. The zero-order valence-corrected chi connectivity index (χ0v) is 17.8. The lowest BCUT2D eigenvalue weighted by molar-refractivity contribution is -0.138. The minimum Gasteiger partial charge on any atom is -0.480 e. The van der Waals surface area contributed by atoms with Gasteiger partial charge in [-0.15, -0.1) is 5.10 Å². The maximum atomic E-state index is 12.0. The highest BCUT2D eigenvalue weighted by Crippen LogP contribution is 2.68. The van der Waals surface area contributed by atoms with Crippen molar-refractivity contribution in [2.45, 2.75) is 70.9 Å². The summed E-state index contributed by atoms with van der Waals surface area (Å²) in [5, 5.41) is 29.1. The zero-order valence-electron chi connectivity index (χ0n) is 17.8. The van der Waals surface area contributed by atoms with Crippen molar-refractivity contribution in [1.82, 2.24) is 15.0 Å². The summed E-state index contributed by atoms with van der Waals surface area (Å²) in [7, 11) is 0. The van der Waals surface area contributed by atoms with E-state index in [1.165, 1.54) is 10.3 Å². The van der Waals surface area contributed by atoms with Gasteiger partial charge in [-0.3, -0.25) is 9.59 Å². The fourth-order valence-corrected chi connectivity index (χ4v) is 7.73. The molecule has 7 nitrogen and oxygen atoms in total. The number of ketones is 1. The van der Waals surface area contributed by atoms with Crippen LogP contribution >= 0.6 is 0 Å². The number of nitrogens with zero attached hydrogens (tertiary/aromatic N) is 3. The molecule has 2 N–H and O–H groups in total. The number of aromatic nitrogens is 3. The van der Waals surface area contributed by atoms with Gasteiger partial charge >= 0.3 is 5.97 Å². The van der Waals surface area contributed by atoms with Gasteiger partial charge in [-0.2, -0.15) is 0 Å². The van der Waals surface area contributed by atoms with Gasteiger partial charge in [0.25, 0.3) is 0 Å². The first-order chi connectivity index (χ1) is 14.2. The van der Waals surface area contributed by atoms with E-state index in [0.29, 0.717) is 48.1 Å². The number of aliphatic carboxylic acids is 1. The monoisotopic (exact) mass is 413 g/mol. The molecule has 0 aliphatic heterocycles. The number of hydrogen-bond acceptors (Lipinski definition) is 5. The highest BCUT2D eigenvalue weighted by atomic mass is 16.4. The van der Waals surface area contributed by atoms with E-state index in [2.05, 4.69) is 24.2 Å². The fraction of sp³-hybridized carbons (Fsp3) is 0.739. The summed E-state index contributed by atoms with van der Waals surface area (Å²) in [6, 6.07) is 0. The van der Waals surface area contributed by atoms with Gasteiger partial charge in [0, 0.05) is 11.8 Å². The minimum atomic E-state index is -1.07. The minimum absolute atomic E-state index is 0.250. The maximum Gasteiger partial charge on any atom is 0.325 e. The van der Waals surface area contributed by atoms with Crippen LogP contribution in [0.15, 0.2) is 17.8 Å². The summed E-state index contributed by atoms with van der Waals surface area (Å²) in [6.07, 6.45) is 9.77. The van der Waals surface area contributed by atoms with Crippen LogP contribution in [0.3, 0.4) is 0 Å². The smallest absolute Gasteiger partial charge is 0.325 e. The first kappa shape index (κ1) is 19.9. The van der Waals surface area contributed by atoms with Crippen LogP contribution in [0.5, 0.6) is 0 Å². The SMILES string of the molecule is C[C@@H]1CC2=CC(=O)CCC2C2CC[C@@]3(C)C(CC[C@@]3(O)c3cn(CC(=O)O)nn3)C21. The number of carbonyl (C=O) groups excluding carboxylic acids is 1. The summed E-state index contributed by atoms with van der Waals surface area (Å²) in [5.41, 5.74) is 0.517. The van der Waals surface area contributed by atoms with Crippen molar-refractivity contribution >= 4 is 11.8 Å². The molecule has 162 valence electrons. The number of carboxylic acid groups (broad SMARTS) is 1. The topological polar surface area (TPSA) is 105 Å². The number of rotatable bonds is 3. The van der Waals surface area contributed by atoms with Crippen LogP contribution in [0.25, 0.3) is 0 Å². The van der Waals surface area contributed by atoms with Crippen LogP contribution in [-0.4, -0.2) is 37.0 Å². The van der Waals surface area contributed by atoms with Crippen molar-refractivity contribution in [3.8, 4) is 0 Å². The Kier molecular flexibility index (Phi) is 4.47. The van der Waals surface area contributed by atoms with Crippen molar-refractivity contribution in [2.24, 2.45) is 35.0 Å². The quantitative estimate of drug-likeness (QED) is 0.789. The number of hydrogen-bond donors (Lipinski definition) is 2. The third-order valence-electron chi connectivity index (χ3n) is 9.05. The molecule has 0 radical (unpaired) electrons. The van der Waals surface area contributed by atoms with E-state index >= 15 is 0 Å². The van der Waals surface area contributed by atoms with Gasteiger partial charge in [0.2, 0.25) is 0 Å². The predicted octanol–water partition coefficient (Wildman–Crippen LogP) is 2.94. The fourth-order valence-electron chi connectivity index (χ4n) is 7.73. The predicted molar refractivity (Wildman–Crippen MR) is 108 cm³/mol. The first-order valence-electron chi connectivity index (χ1n) is 11.3. The Labute approximate surface area is 176 Å². The van der Waals surface area contributed by atoms with Gasteiger partial charge in [-0.1, -0.05) is 24.6 Å². The van der Waals surface area contributed by atoms with Crippen LogP contribution in [-0.2, 0) is 21.7 Å². The summed E-state index contributed by atoms with van der Waals surface area (Å²) in [6.45, 7) is 4.28. The van der Waals surface area contributed by atoms with E-state index in [9.17, 15) is 14.7 Å². The molecule has 5 rings (SSSR count). The lowest BCUT2D eigenvalue weighted by Gasteiger charge is -2.57. The van der Waals surface area contributed by atoms with Crippen LogP contribution in [0.2, 0.25) is 0 Å². The van der Waals surface area contributed by atoms with E-state index < -0.39 is 11.6 Å². The highest BCUT2D eigenvalue weighted by Gasteiger charge is 2.64. The molecular weight excluding hydrogens is 382 g/mol. The molecule has 1 aromatic rings. The van der Waals surface area contributed by atoms with Crippen molar-refractivity contribution in [3.63, 3.8) is 0 Å². The maximum absolute atomic E-state index is 12.0. The Hall–Kier alpha value is -2.02. The number of aliphatic hydroxyl groups is 1. The van der Waals surface area contributed by atoms with Gasteiger partial charge in [0.1, 0.15) is 17.8 Å². The molecule has 3 fully saturated rings. The molecule has 0 amide bonds. The van der Waals surface area contributed by atoms with Crippen LogP contribution in [0.4, 0.5) is 0 Å². The molecule has 4 aliphatic carbocycles. The zero-order chi connectivity index (χ0) is 21.3. The second kappa shape index (κ2) is 6.74. The summed E-state index contributed by atoms with van der Waals surface area (Å²) < 4.78 is 1.30. The average molecular weight is 414 g/mol. The second-order valence-electron chi connectivity index (χ2n) is 10.4. The van der Waals surface area contributed by atoms with Crippen molar-refractivity contribution < 1.29 is 19.8 Å². The Morgan fingerprint density at radius 3 is 2.87 bits per heavy atom.